The summed E-state index contributed by atoms with van der Waals surface area (Å²) in [5.74, 6) is 0. The Hall–Kier alpha value is -0.340. The van der Waals surface area contributed by atoms with Crippen molar-refractivity contribution in [2.45, 2.75) is 89.7 Å². The molecule has 2 nitrogen and oxygen atoms in total. The van der Waals surface area contributed by atoms with E-state index in [9.17, 15) is 0 Å². The highest BCUT2D eigenvalue weighted by Crippen LogP contribution is 2.38. The Kier molecular flexibility index (Phi) is 9.21. The molecule has 0 aromatic rings. The van der Waals surface area contributed by atoms with E-state index in [1.807, 2.05) is 6.08 Å². The predicted molar refractivity (Wildman–Crippen MR) is 88.2 cm³/mol. The molecule has 1 saturated carbocycles. The molecule has 0 aromatic carbocycles. The van der Waals surface area contributed by atoms with Gasteiger partial charge in [-0.2, -0.15) is 0 Å². The first-order valence-corrected chi connectivity index (χ1v) is 8.77. The van der Waals surface area contributed by atoms with Gasteiger partial charge in [0, 0.05) is 12.6 Å². The van der Waals surface area contributed by atoms with E-state index < -0.39 is 0 Å². The molecule has 118 valence electrons. The number of ether oxygens (including phenoxy) is 1. The molecular formula is C18H35NO. The van der Waals surface area contributed by atoms with Crippen LogP contribution < -0.4 is 5.32 Å². The van der Waals surface area contributed by atoms with E-state index in [-0.39, 0.29) is 5.60 Å². The van der Waals surface area contributed by atoms with E-state index in [4.69, 9.17) is 4.74 Å². The third kappa shape index (κ3) is 5.57. The van der Waals surface area contributed by atoms with Crippen molar-refractivity contribution in [1.29, 1.82) is 0 Å². The first kappa shape index (κ1) is 17.7. The minimum absolute atomic E-state index is 0.127. The van der Waals surface area contributed by atoms with Crippen LogP contribution in [0.1, 0.15) is 78.1 Å². The van der Waals surface area contributed by atoms with Gasteiger partial charge >= 0.3 is 0 Å². The third-order valence-electron chi connectivity index (χ3n) is 4.56. The number of hydrogen-bond donors (Lipinski definition) is 1. The van der Waals surface area contributed by atoms with Crippen LogP contribution in [-0.2, 0) is 4.74 Å². The minimum atomic E-state index is 0.127. The highest BCUT2D eigenvalue weighted by molar-refractivity contribution is 4.97. The van der Waals surface area contributed by atoms with E-state index in [1.165, 1.54) is 57.8 Å². The first-order chi connectivity index (χ1) is 9.79. The van der Waals surface area contributed by atoms with Crippen LogP contribution in [0.25, 0.3) is 0 Å². The first-order valence-electron chi connectivity index (χ1n) is 8.77. The van der Waals surface area contributed by atoms with Crippen molar-refractivity contribution in [1.82, 2.24) is 5.32 Å². The fraction of sp³-hybridized carbons (Fsp3) is 0.889. The van der Waals surface area contributed by atoms with Gasteiger partial charge in [-0.3, -0.25) is 0 Å². The maximum Gasteiger partial charge on any atom is 0.0834 e. The van der Waals surface area contributed by atoms with Crippen molar-refractivity contribution in [3.05, 3.63) is 12.7 Å². The van der Waals surface area contributed by atoms with Gasteiger partial charge in [0.2, 0.25) is 0 Å². The summed E-state index contributed by atoms with van der Waals surface area (Å²) in [4.78, 5) is 0. The van der Waals surface area contributed by atoms with Gasteiger partial charge in [0.15, 0.2) is 0 Å². The number of unbranched alkanes of at least 4 members (excludes halogenated alkanes) is 3. The summed E-state index contributed by atoms with van der Waals surface area (Å²) < 4.78 is 6.25. The molecule has 1 aliphatic rings. The van der Waals surface area contributed by atoms with Gasteiger partial charge in [0.1, 0.15) is 0 Å². The van der Waals surface area contributed by atoms with E-state index in [0.717, 1.165) is 19.6 Å². The van der Waals surface area contributed by atoms with E-state index in [0.29, 0.717) is 6.04 Å². The molecule has 0 radical (unpaired) electrons. The summed E-state index contributed by atoms with van der Waals surface area (Å²) in [7, 11) is 0. The van der Waals surface area contributed by atoms with Crippen molar-refractivity contribution < 1.29 is 4.74 Å². The fourth-order valence-electron chi connectivity index (χ4n) is 3.54. The highest BCUT2D eigenvalue weighted by atomic mass is 16.5. The Bertz CT molecular complexity index is 246. The van der Waals surface area contributed by atoms with Crippen LogP contribution in [0, 0.1) is 0 Å². The van der Waals surface area contributed by atoms with Crippen LogP contribution in [-0.4, -0.2) is 24.8 Å². The quantitative estimate of drug-likeness (QED) is 0.408. The molecule has 0 heterocycles. The van der Waals surface area contributed by atoms with Gasteiger partial charge < -0.3 is 10.1 Å². The largest absolute Gasteiger partial charge is 0.374 e. The van der Waals surface area contributed by atoms with E-state index in [2.05, 4.69) is 25.7 Å². The van der Waals surface area contributed by atoms with Crippen molar-refractivity contribution >= 4 is 0 Å². The number of allylic oxidation sites excluding steroid dienone is 1. The molecule has 1 atom stereocenters. The van der Waals surface area contributed by atoms with Crippen LogP contribution in [0.4, 0.5) is 0 Å². The van der Waals surface area contributed by atoms with Crippen LogP contribution in [0.5, 0.6) is 0 Å². The molecule has 0 bridgehead atoms. The summed E-state index contributed by atoms with van der Waals surface area (Å²) in [5.41, 5.74) is 0.127. The van der Waals surface area contributed by atoms with Gasteiger partial charge in [-0.1, -0.05) is 38.7 Å². The lowest BCUT2D eigenvalue weighted by atomic mass is 9.87. The standard InChI is InChI=1S/C18H35NO/c1-4-7-8-9-10-13-17(19-16-5-2)18(20-6-3)14-11-12-15-18/h4,17,19H,1,5-16H2,2-3H3. The normalized spacial score (nSPS) is 19.1. The molecule has 1 rings (SSSR count). The Balaban J connectivity index is 2.49. The molecule has 2 heteroatoms. The van der Waals surface area contributed by atoms with E-state index in [1.54, 1.807) is 0 Å². The van der Waals surface area contributed by atoms with Crippen molar-refractivity contribution in [2.24, 2.45) is 0 Å². The molecule has 0 saturated heterocycles. The SMILES string of the molecule is C=CCCCCCC(NCCC)C1(OCC)CCCC1. The Morgan fingerprint density at radius 3 is 2.55 bits per heavy atom. The van der Waals surface area contributed by atoms with E-state index >= 15 is 0 Å². The van der Waals surface area contributed by atoms with Crippen molar-refractivity contribution in [3.63, 3.8) is 0 Å². The van der Waals surface area contributed by atoms with Crippen molar-refractivity contribution in [2.75, 3.05) is 13.2 Å². The molecule has 1 unspecified atom stereocenters. The lowest BCUT2D eigenvalue weighted by Gasteiger charge is -2.38. The average molecular weight is 281 g/mol. The van der Waals surface area contributed by atoms with Gasteiger partial charge in [0.25, 0.3) is 0 Å². The average Bonchev–Trinajstić information content (AvgIpc) is 2.92. The fourth-order valence-corrected chi connectivity index (χ4v) is 3.54. The zero-order valence-electron chi connectivity index (χ0n) is 13.8. The van der Waals surface area contributed by atoms with Crippen LogP contribution in [0.3, 0.4) is 0 Å². The Labute approximate surface area is 126 Å². The molecule has 20 heavy (non-hydrogen) atoms. The summed E-state index contributed by atoms with van der Waals surface area (Å²) in [5, 5.41) is 3.78. The smallest absolute Gasteiger partial charge is 0.0834 e. The lowest BCUT2D eigenvalue weighted by Crippen LogP contribution is -2.51. The monoisotopic (exact) mass is 281 g/mol. The highest BCUT2D eigenvalue weighted by Gasteiger charge is 2.41. The minimum Gasteiger partial charge on any atom is -0.374 e. The van der Waals surface area contributed by atoms with Crippen LogP contribution >= 0.6 is 0 Å². The topological polar surface area (TPSA) is 21.3 Å². The predicted octanol–water partition coefficient (Wildman–Crippen LogP) is 4.84. The molecular weight excluding hydrogens is 246 g/mol. The maximum atomic E-state index is 6.25. The molecule has 1 fully saturated rings. The van der Waals surface area contributed by atoms with Gasteiger partial charge in [-0.25, -0.2) is 0 Å². The summed E-state index contributed by atoms with van der Waals surface area (Å²) in [6.07, 6.45) is 14.7. The van der Waals surface area contributed by atoms with Crippen LogP contribution in [0.2, 0.25) is 0 Å². The molecule has 0 spiro atoms. The van der Waals surface area contributed by atoms with Crippen molar-refractivity contribution in [3.8, 4) is 0 Å². The molecule has 1 N–H and O–H groups in total. The zero-order chi connectivity index (χ0) is 14.7. The molecule has 0 aliphatic heterocycles. The summed E-state index contributed by atoms with van der Waals surface area (Å²) >= 11 is 0. The Morgan fingerprint density at radius 2 is 1.95 bits per heavy atom. The third-order valence-corrected chi connectivity index (χ3v) is 4.56. The van der Waals surface area contributed by atoms with Gasteiger partial charge in [-0.05, 0) is 52.0 Å². The number of rotatable bonds is 12. The van der Waals surface area contributed by atoms with Gasteiger partial charge in [0.05, 0.1) is 5.60 Å². The molecule has 0 aromatic heterocycles. The lowest BCUT2D eigenvalue weighted by molar-refractivity contribution is -0.0636. The number of hydrogen-bond acceptors (Lipinski definition) is 2. The second-order valence-corrected chi connectivity index (χ2v) is 6.14. The summed E-state index contributed by atoms with van der Waals surface area (Å²) in [6.45, 7) is 10.2. The Morgan fingerprint density at radius 1 is 1.20 bits per heavy atom. The second kappa shape index (κ2) is 10.4. The second-order valence-electron chi connectivity index (χ2n) is 6.14. The maximum absolute atomic E-state index is 6.25. The number of nitrogens with one attached hydrogen (secondary N) is 1. The zero-order valence-corrected chi connectivity index (χ0v) is 13.8. The van der Waals surface area contributed by atoms with Gasteiger partial charge in [-0.15, -0.1) is 6.58 Å². The molecule has 1 aliphatic carbocycles. The summed E-state index contributed by atoms with van der Waals surface area (Å²) in [6, 6.07) is 0.550. The molecule has 0 amide bonds. The van der Waals surface area contributed by atoms with Crippen LogP contribution in [0.15, 0.2) is 12.7 Å².